The number of rotatable bonds is 6. The summed E-state index contributed by atoms with van der Waals surface area (Å²) < 4.78 is 5.15. The third-order valence-corrected chi connectivity index (χ3v) is 4.66. The molecule has 0 spiro atoms. The first kappa shape index (κ1) is 16.4. The van der Waals surface area contributed by atoms with Crippen molar-refractivity contribution >= 4 is 17.7 Å². The van der Waals surface area contributed by atoms with Gasteiger partial charge in [-0.15, -0.1) is 11.8 Å². The molecule has 0 amide bonds. The maximum atomic E-state index is 11.9. The molecular weight excluding hydrogens is 282 g/mol. The first-order valence-electron chi connectivity index (χ1n) is 7.83. The fraction of sp³-hybridized carbons (Fsp3) is 0.588. The number of thioether (sulfide) groups is 1. The minimum atomic E-state index is -0.0307. The number of carbonyl (C=O) groups is 1. The number of ether oxygens (including phenoxy) is 1. The molecule has 1 atom stereocenters. The Kier molecular flexibility index (Phi) is 6.58. The SMILES string of the molecule is CCOC(=O)C1CCCN(Cc2ccc(SCC)cc2)C1. The van der Waals surface area contributed by atoms with Crippen LogP contribution in [0.2, 0.25) is 0 Å². The average molecular weight is 307 g/mol. The zero-order valence-corrected chi connectivity index (χ0v) is 13.8. The molecule has 1 aliphatic rings. The molecule has 21 heavy (non-hydrogen) atoms. The second-order valence-corrected chi connectivity index (χ2v) is 6.74. The highest BCUT2D eigenvalue weighted by atomic mass is 32.2. The van der Waals surface area contributed by atoms with Gasteiger partial charge in [-0.2, -0.15) is 0 Å². The van der Waals surface area contributed by atoms with E-state index in [0.717, 1.165) is 38.2 Å². The van der Waals surface area contributed by atoms with Gasteiger partial charge in [-0.25, -0.2) is 0 Å². The smallest absolute Gasteiger partial charge is 0.310 e. The van der Waals surface area contributed by atoms with Crippen molar-refractivity contribution in [2.45, 2.75) is 38.1 Å². The quantitative estimate of drug-likeness (QED) is 0.593. The lowest BCUT2D eigenvalue weighted by atomic mass is 9.98. The summed E-state index contributed by atoms with van der Waals surface area (Å²) in [7, 11) is 0. The highest BCUT2D eigenvalue weighted by Crippen LogP contribution is 2.22. The van der Waals surface area contributed by atoms with Crippen LogP contribution in [-0.2, 0) is 16.1 Å². The number of piperidine rings is 1. The molecule has 1 saturated heterocycles. The molecule has 4 heteroatoms. The third kappa shape index (κ3) is 5.04. The molecule has 0 aliphatic carbocycles. The molecule has 0 aromatic heterocycles. The molecule has 1 aromatic carbocycles. The van der Waals surface area contributed by atoms with Crippen LogP contribution < -0.4 is 0 Å². The average Bonchev–Trinajstić information content (AvgIpc) is 2.50. The van der Waals surface area contributed by atoms with Gasteiger partial charge in [-0.1, -0.05) is 19.1 Å². The first-order valence-corrected chi connectivity index (χ1v) is 8.82. The summed E-state index contributed by atoms with van der Waals surface area (Å²) in [5.74, 6) is 1.12. The second-order valence-electron chi connectivity index (χ2n) is 5.40. The maximum absolute atomic E-state index is 11.9. The van der Waals surface area contributed by atoms with Crippen LogP contribution in [0.25, 0.3) is 0 Å². The summed E-state index contributed by atoms with van der Waals surface area (Å²) >= 11 is 1.87. The van der Waals surface area contributed by atoms with Crippen LogP contribution in [0.4, 0.5) is 0 Å². The van der Waals surface area contributed by atoms with Crippen molar-refractivity contribution in [3.63, 3.8) is 0 Å². The number of nitrogens with zero attached hydrogens (tertiary/aromatic N) is 1. The molecule has 0 bridgehead atoms. The van der Waals surface area contributed by atoms with E-state index in [9.17, 15) is 4.79 Å². The van der Waals surface area contributed by atoms with Crippen LogP contribution in [0.5, 0.6) is 0 Å². The van der Waals surface area contributed by atoms with Crippen molar-refractivity contribution in [1.29, 1.82) is 0 Å². The number of likely N-dealkylation sites (tertiary alicyclic amines) is 1. The van der Waals surface area contributed by atoms with Crippen molar-refractivity contribution in [3.8, 4) is 0 Å². The Morgan fingerprint density at radius 2 is 2.10 bits per heavy atom. The van der Waals surface area contributed by atoms with Gasteiger partial charge in [0, 0.05) is 18.0 Å². The largest absolute Gasteiger partial charge is 0.466 e. The Balaban J connectivity index is 1.88. The van der Waals surface area contributed by atoms with Crippen molar-refractivity contribution in [3.05, 3.63) is 29.8 Å². The summed E-state index contributed by atoms with van der Waals surface area (Å²) in [5, 5.41) is 0. The minimum Gasteiger partial charge on any atom is -0.466 e. The van der Waals surface area contributed by atoms with E-state index in [0.29, 0.717) is 6.61 Å². The van der Waals surface area contributed by atoms with E-state index in [1.54, 1.807) is 0 Å². The number of benzene rings is 1. The van der Waals surface area contributed by atoms with Crippen molar-refractivity contribution in [2.75, 3.05) is 25.4 Å². The van der Waals surface area contributed by atoms with Crippen molar-refractivity contribution < 1.29 is 9.53 Å². The fourth-order valence-corrected chi connectivity index (χ4v) is 3.43. The molecule has 0 saturated carbocycles. The molecule has 3 nitrogen and oxygen atoms in total. The number of esters is 1. The predicted octanol–water partition coefficient (Wildman–Crippen LogP) is 3.57. The molecule has 1 aromatic rings. The van der Waals surface area contributed by atoms with E-state index in [1.165, 1.54) is 10.5 Å². The van der Waals surface area contributed by atoms with E-state index in [2.05, 4.69) is 36.1 Å². The van der Waals surface area contributed by atoms with Crippen LogP contribution in [0, 0.1) is 5.92 Å². The van der Waals surface area contributed by atoms with Gasteiger partial charge >= 0.3 is 5.97 Å². The lowest BCUT2D eigenvalue weighted by Gasteiger charge is -2.31. The molecule has 1 fully saturated rings. The van der Waals surface area contributed by atoms with E-state index in [-0.39, 0.29) is 11.9 Å². The molecular formula is C17H25NO2S. The van der Waals surface area contributed by atoms with Crippen LogP contribution in [0.1, 0.15) is 32.3 Å². The zero-order chi connectivity index (χ0) is 15.1. The summed E-state index contributed by atoms with van der Waals surface area (Å²) in [5.41, 5.74) is 1.32. The Morgan fingerprint density at radius 3 is 2.76 bits per heavy atom. The van der Waals surface area contributed by atoms with Crippen LogP contribution in [0.15, 0.2) is 29.2 Å². The van der Waals surface area contributed by atoms with E-state index in [4.69, 9.17) is 4.74 Å². The standard InChI is InChI=1S/C17H25NO2S/c1-3-20-17(19)15-6-5-11-18(13-15)12-14-7-9-16(10-8-14)21-4-2/h7-10,15H,3-6,11-13H2,1-2H3. The van der Waals surface area contributed by atoms with E-state index >= 15 is 0 Å². The summed E-state index contributed by atoms with van der Waals surface area (Å²) in [6, 6.07) is 8.78. The van der Waals surface area contributed by atoms with Gasteiger partial charge in [-0.05, 0) is 49.8 Å². The van der Waals surface area contributed by atoms with E-state index < -0.39 is 0 Å². The highest BCUT2D eigenvalue weighted by Gasteiger charge is 2.26. The molecule has 1 aliphatic heterocycles. The van der Waals surface area contributed by atoms with Gasteiger partial charge in [-0.3, -0.25) is 9.69 Å². The van der Waals surface area contributed by atoms with Gasteiger partial charge in [0.2, 0.25) is 0 Å². The summed E-state index contributed by atoms with van der Waals surface area (Å²) in [6.07, 6.45) is 2.04. The van der Waals surface area contributed by atoms with Crippen LogP contribution in [0.3, 0.4) is 0 Å². The Bertz CT molecular complexity index is 447. The van der Waals surface area contributed by atoms with Gasteiger partial charge < -0.3 is 4.74 Å². The Morgan fingerprint density at radius 1 is 1.33 bits per heavy atom. The molecule has 1 unspecified atom stereocenters. The minimum absolute atomic E-state index is 0.0307. The molecule has 116 valence electrons. The summed E-state index contributed by atoms with van der Waals surface area (Å²) in [4.78, 5) is 15.6. The van der Waals surface area contributed by atoms with Gasteiger partial charge in [0.25, 0.3) is 0 Å². The number of carbonyl (C=O) groups excluding carboxylic acids is 1. The maximum Gasteiger partial charge on any atom is 0.310 e. The summed E-state index contributed by atoms with van der Waals surface area (Å²) in [6.45, 7) is 7.33. The van der Waals surface area contributed by atoms with Gasteiger partial charge in [0.05, 0.1) is 12.5 Å². The number of hydrogen-bond acceptors (Lipinski definition) is 4. The van der Waals surface area contributed by atoms with Gasteiger partial charge in [0.15, 0.2) is 0 Å². The van der Waals surface area contributed by atoms with Crippen LogP contribution >= 0.6 is 11.8 Å². The molecule has 0 N–H and O–H groups in total. The van der Waals surface area contributed by atoms with E-state index in [1.807, 2.05) is 18.7 Å². The van der Waals surface area contributed by atoms with Crippen molar-refractivity contribution in [2.24, 2.45) is 5.92 Å². The van der Waals surface area contributed by atoms with Gasteiger partial charge in [0.1, 0.15) is 0 Å². The molecule has 1 heterocycles. The lowest BCUT2D eigenvalue weighted by molar-refractivity contribution is -0.150. The zero-order valence-electron chi connectivity index (χ0n) is 13.0. The highest BCUT2D eigenvalue weighted by molar-refractivity contribution is 7.99. The van der Waals surface area contributed by atoms with Crippen molar-refractivity contribution in [1.82, 2.24) is 4.90 Å². The first-order chi connectivity index (χ1) is 10.2. The Labute approximate surface area is 132 Å². The van der Waals surface area contributed by atoms with Crippen LogP contribution in [-0.4, -0.2) is 36.3 Å². The monoisotopic (exact) mass is 307 g/mol. The normalized spacial score (nSPS) is 19.4. The number of hydrogen-bond donors (Lipinski definition) is 0. The second kappa shape index (κ2) is 8.44. The topological polar surface area (TPSA) is 29.5 Å². The fourth-order valence-electron chi connectivity index (χ4n) is 2.77. The Hall–Kier alpha value is -1.00. The molecule has 0 radical (unpaired) electrons. The third-order valence-electron chi connectivity index (χ3n) is 3.77. The molecule has 2 rings (SSSR count). The lowest BCUT2D eigenvalue weighted by Crippen LogP contribution is -2.38. The predicted molar refractivity (Wildman–Crippen MR) is 87.5 cm³/mol.